The van der Waals surface area contributed by atoms with E-state index in [0.29, 0.717) is 11.1 Å². The highest BCUT2D eigenvalue weighted by Crippen LogP contribution is 2.23. The van der Waals surface area contributed by atoms with E-state index in [9.17, 15) is 24.6 Å². The fraction of sp³-hybridized carbons (Fsp3) is 0.353. The van der Waals surface area contributed by atoms with Crippen LogP contribution in [0.2, 0.25) is 0 Å². The number of benzene rings is 1. The number of carbonyl (C=O) groups is 3. The van der Waals surface area contributed by atoms with Crippen molar-refractivity contribution in [1.82, 2.24) is 0 Å². The topological polar surface area (TPSA) is 110 Å². The summed E-state index contributed by atoms with van der Waals surface area (Å²) in [4.78, 5) is 34.5. The standard InChI is InChI=1S/C17H20O7/c1-4-14(19)24-8-7-11-5-6-12(16(20)21)15(17(22)23-3)13(11)9-10(2)18/h4-6,10,18H,1,7-9H2,2-3H3,(H,20,21). The average molecular weight is 336 g/mol. The molecule has 1 unspecified atom stereocenters. The number of carboxylic acid groups (broad SMARTS) is 1. The van der Waals surface area contributed by atoms with Crippen LogP contribution in [0, 0.1) is 0 Å². The lowest BCUT2D eigenvalue weighted by Crippen LogP contribution is -2.19. The van der Waals surface area contributed by atoms with Crippen LogP contribution in [-0.4, -0.2) is 47.9 Å². The molecule has 1 aromatic rings. The zero-order valence-electron chi connectivity index (χ0n) is 13.6. The van der Waals surface area contributed by atoms with Gasteiger partial charge < -0.3 is 19.7 Å². The van der Waals surface area contributed by atoms with Crippen molar-refractivity contribution >= 4 is 17.9 Å². The van der Waals surface area contributed by atoms with Crippen LogP contribution in [0.3, 0.4) is 0 Å². The molecule has 0 saturated heterocycles. The van der Waals surface area contributed by atoms with Crippen molar-refractivity contribution in [2.24, 2.45) is 0 Å². The highest BCUT2D eigenvalue weighted by atomic mass is 16.5. The van der Waals surface area contributed by atoms with Crippen molar-refractivity contribution in [3.8, 4) is 0 Å². The summed E-state index contributed by atoms with van der Waals surface area (Å²) < 4.78 is 9.59. The number of carbonyl (C=O) groups excluding carboxylic acids is 2. The lowest BCUT2D eigenvalue weighted by atomic mass is 9.91. The van der Waals surface area contributed by atoms with Gasteiger partial charge in [0.1, 0.15) is 0 Å². The van der Waals surface area contributed by atoms with Gasteiger partial charge in [0.15, 0.2) is 0 Å². The van der Waals surface area contributed by atoms with Crippen molar-refractivity contribution in [3.63, 3.8) is 0 Å². The molecule has 130 valence electrons. The third-order valence-electron chi connectivity index (χ3n) is 3.31. The summed E-state index contributed by atoms with van der Waals surface area (Å²) in [5.41, 5.74) is 0.660. The van der Waals surface area contributed by atoms with E-state index in [1.54, 1.807) is 0 Å². The highest BCUT2D eigenvalue weighted by Gasteiger charge is 2.24. The van der Waals surface area contributed by atoms with Gasteiger partial charge in [0, 0.05) is 12.5 Å². The molecule has 2 N–H and O–H groups in total. The molecule has 0 radical (unpaired) electrons. The van der Waals surface area contributed by atoms with Crippen molar-refractivity contribution in [2.75, 3.05) is 13.7 Å². The number of aliphatic hydroxyl groups excluding tert-OH is 1. The Balaban J connectivity index is 3.31. The van der Waals surface area contributed by atoms with Crippen molar-refractivity contribution in [2.45, 2.75) is 25.9 Å². The fourth-order valence-electron chi connectivity index (χ4n) is 2.29. The third-order valence-corrected chi connectivity index (χ3v) is 3.31. The molecule has 0 fully saturated rings. The molecule has 1 rings (SSSR count). The monoisotopic (exact) mass is 336 g/mol. The van der Waals surface area contributed by atoms with Crippen molar-refractivity contribution < 1.29 is 34.1 Å². The number of methoxy groups -OCH3 is 1. The molecule has 0 aliphatic rings. The predicted molar refractivity (Wildman–Crippen MR) is 85.0 cm³/mol. The summed E-state index contributed by atoms with van der Waals surface area (Å²) in [5, 5.41) is 19.0. The van der Waals surface area contributed by atoms with Gasteiger partial charge in [-0.1, -0.05) is 12.6 Å². The van der Waals surface area contributed by atoms with Gasteiger partial charge in [-0.3, -0.25) is 0 Å². The number of hydrogen-bond donors (Lipinski definition) is 2. The molecule has 0 amide bonds. The molecule has 1 atom stereocenters. The Hall–Kier alpha value is -2.67. The minimum absolute atomic E-state index is 0.0324. The summed E-state index contributed by atoms with van der Waals surface area (Å²) in [6.07, 6.45) is 0.554. The average Bonchev–Trinajstić information content (AvgIpc) is 2.54. The first-order valence-corrected chi connectivity index (χ1v) is 7.25. The van der Waals surface area contributed by atoms with Crippen LogP contribution < -0.4 is 0 Å². The van der Waals surface area contributed by atoms with Crippen molar-refractivity contribution in [3.05, 3.63) is 47.0 Å². The van der Waals surface area contributed by atoms with Crippen LogP contribution in [-0.2, 0) is 27.1 Å². The maximum atomic E-state index is 12.1. The minimum atomic E-state index is -1.27. The largest absolute Gasteiger partial charge is 0.478 e. The normalized spacial score (nSPS) is 11.5. The Morgan fingerprint density at radius 2 is 2.00 bits per heavy atom. The van der Waals surface area contributed by atoms with Gasteiger partial charge in [0.25, 0.3) is 0 Å². The molecular weight excluding hydrogens is 316 g/mol. The lowest BCUT2D eigenvalue weighted by Gasteiger charge is -2.17. The first-order chi connectivity index (χ1) is 11.3. The Bertz CT molecular complexity index is 647. The van der Waals surface area contributed by atoms with Gasteiger partial charge in [-0.25, -0.2) is 14.4 Å². The molecule has 7 heteroatoms. The SMILES string of the molecule is C=CC(=O)OCCc1ccc(C(=O)O)c(C(=O)OC)c1CC(C)O. The molecule has 0 aliphatic carbocycles. The van der Waals surface area contributed by atoms with Gasteiger partial charge >= 0.3 is 17.9 Å². The van der Waals surface area contributed by atoms with E-state index in [2.05, 4.69) is 11.3 Å². The first-order valence-electron chi connectivity index (χ1n) is 7.25. The van der Waals surface area contributed by atoms with Gasteiger partial charge in [-0.15, -0.1) is 0 Å². The zero-order chi connectivity index (χ0) is 18.3. The molecule has 0 aliphatic heterocycles. The van der Waals surface area contributed by atoms with Crippen LogP contribution in [0.5, 0.6) is 0 Å². The number of carboxylic acids is 1. The summed E-state index contributed by atoms with van der Waals surface area (Å²) in [7, 11) is 1.15. The van der Waals surface area contributed by atoms with Crippen LogP contribution in [0.25, 0.3) is 0 Å². The van der Waals surface area contributed by atoms with Crippen molar-refractivity contribution in [1.29, 1.82) is 0 Å². The maximum Gasteiger partial charge on any atom is 0.339 e. The number of aliphatic hydroxyl groups is 1. The molecule has 0 aromatic heterocycles. The van der Waals surface area contributed by atoms with E-state index in [4.69, 9.17) is 4.74 Å². The zero-order valence-corrected chi connectivity index (χ0v) is 13.6. The van der Waals surface area contributed by atoms with Crippen LogP contribution in [0.1, 0.15) is 38.8 Å². The number of aromatic carboxylic acids is 1. The van der Waals surface area contributed by atoms with E-state index < -0.39 is 24.0 Å². The Kier molecular flexibility index (Phi) is 7.13. The summed E-state index contributed by atoms with van der Waals surface area (Å²) in [6.45, 7) is 4.84. The van der Waals surface area contributed by atoms with Crippen LogP contribution in [0.4, 0.5) is 0 Å². The predicted octanol–water partition coefficient (Wildman–Crippen LogP) is 1.37. The molecule has 0 heterocycles. The Morgan fingerprint density at radius 3 is 2.50 bits per heavy atom. The van der Waals surface area contributed by atoms with Crippen LogP contribution >= 0.6 is 0 Å². The number of esters is 2. The van der Waals surface area contributed by atoms with E-state index in [1.165, 1.54) is 19.1 Å². The quantitative estimate of drug-likeness (QED) is 0.545. The molecule has 0 bridgehead atoms. The fourth-order valence-corrected chi connectivity index (χ4v) is 2.29. The van der Waals surface area contributed by atoms with Gasteiger partial charge in [-0.2, -0.15) is 0 Å². The van der Waals surface area contributed by atoms with E-state index in [1.807, 2.05) is 0 Å². The van der Waals surface area contributed by atoms with Crippen LogP contribution in [0.15, 0.2) is 24.8 Å². The second-order valence-corrected chi connectivity index (χ2v) is 5.10. The third kappa shape index (κ3) is 4.92. The smallest absolute Gasteiger partial charge is 0.339 e. The molecule has 24 heavy (non-hydrogen) atoms. The first kappa shape index (κ1) is 19.4. The van der Waals surface area contributed by atoms with E-state index in [0.717, 1.165) is 13.2 Å². The lowest BCUT2D eigenvalue weighted by molar-refractivity contribution is -0.137. The Labute approximate surface area is 139 Å². The van der Waals surface area contributed by atoms with Gasteiger partial charge in [0.2, 0.25) is 0 Å². The number of ether oxygens (including phenoxy) is 2. The summed E-state index contributed by atoms with van der Waals surface area (Å²) in [5.74, 6) is -2.65. The molecular formula is C17H20O7. The summed E-state index contributed by atoms with van der Waals surface area (Å²) >= 11 is 0. The van der Waals surface area contributed by atoms with Gasteiger partial charge in [0.05, 0.1) is 30.9 Å². The maximum absolute atomic E-state index is 12.1. The number of hydrogen-bond acceptors (Lipinski definition) is 6. The molecule has 0 spiro atoms. The molecule has 1 aromatic carbocycles. The summed E-state index contributed by atoms with van der Waals surface area (Å²) in [6, 6.07) is 2.83. The highest BCUT2D eigenvalue weighted by molar-refractivity contribution is 6.03. The second kappa shape index (κ2) is 8.83. The number of rotatable bonds is 8. The van der Waals surface area contributed by atoms with E-state index in [-0.39, 0.29) is 30.6 Å². The Morgan fingerprint density at radius 1 is 1.33 bits per heavy atom. The van der Waals surface area contributed by atoms with E-state index >= 15 is 0 Å². The second-order valence-electron chi connectivity index (χ2n) is 5.10. The molecule has 0 saturated carbocycles. The minimum Gasteiger partial charge on any atom is -0.478 e. The van der Waals surface area contributed by atoms with Gasteiger partial charge in [-0.05, 0) is 30.5 Å². The molecule has 7 nitrogen and oxygen atoms in total.